The lowest BCUT2D eigenvalue weighted by molar-refractivity contribution is -0.136. The van der Waals surface area contributed by atoms with Crippen molar-refractivity contribution in [1.82, 2.24) is 10.2 Å². The van der Waals surface area contributed by atoms with Crippen LogP contribution in [-0.4, -0.2) is 47.1 Å². The molecule has 1 amide bonds. The number of likely N-dealkylation sites (tertiary alicyclic amines) is 1. The van der Waals surface area contributed by atoms with Gasteiger partial charge in [-0.2, -0.15) is 0 Å². The molecule has 2 aromatic rings. The predicted octanol–water partition coefficient (Wildman–Crippen LogP) is 2.33. The molecule has 3 rings (SSSR count). The van der Waals surface area contributed by atoms with Gasteiger partial charge < -0.3 is 14.4 Å². The van der Waals surface area contributed by atoms with Crippen LogP contribution in [0.15, 0.2) is 22.6 Å². The van der Waals surface area contributed by atoms with E-state index in [-0.39, 0.29) is 18.0 Å². The Morgan fingerprint density at radius 2 is 2.00 bits per heavy atom. The van der Waals surface area contributed by atoms with Crippen LogP contribution in [-0.2, 0) is 4.79 Å². The second kappa shape index (κ2) is 5.94. The molecule has 2 N–H and O–H groups in total. The largest absolute Gasteiger partial charge is 0.480 e. The number of carboxylic acids is 1. The Hall–Kier alpha value is -2.34. The Kier molecular flexibility index (Phi) is 4.09. The smallest absolute Gasteiger partial charge is 0.317 e. The summed E-state index contributed by atoms with van der Waals surface area (Å²) in [7, 11) is 0. The highest BCUT2D eigenvalue weighted by Crippen LogP contribution is 2.27. The lowest BCUT2D eigenvalue weighted by Crippen LogP contribution is -2.47. The van der Waals surface area contributed by atoms with Crippen LogP contribution in [0, 0.1) is 13.8 Å². The highest BCUT2D eigenvalue weighted by Gasteiger charge is 2.37. The molecular weight excluding hydrogens is 308 g/mol. The molecule has 6 heteroatoms. The molecule has 1 aromatic carbocycles. The van der Waals surface area contributed by atoms with E-state index in [1.165, 1.54) is 0 Å². The first-order valence-electron chi connectivity index (χ1n) is 8.04. The monoisotopic (exact) mass is 330 g/mol. The third-order valence-corrected chi connectivity index (χ3v) is 4.77. The molecule has 1 atom stereocenters. The zero-order valence-electron chi connectivity index (χ0n) is 14.2. The molecule has 0 saturated carbocycles. The first kappa shape index (κ1) is 16.5. The average molecular weight is 330 g/mol. The van der Waals surface area contributed by atoms with Crippen molar-refractivity contribution in [1.29, 1.82) is 0 Å². The summed E-state index contributed by atoms with van der Waals surface area (Å²) in [4.78, 5) is 25.1. The first-order chi connectivity index (χ1) is 11.3. The number of nitrogens with one attached hydrogen (secondary N) is 1. The third kappa shape index (κ3) is 3.14. The van der Waals surface area contributed by atoms with Crippen LogP contribution in [0.5, 0.6) is 0 Å². The molecule has 0 bridgehead atoms. The number of benzene rings is 1. The number of amides is 1. The van der Waals surface area contributed by atoms with Crippen molar-refractivity contribution >= 4 is 22.8 Å². The maximum atomic E-state index is 12.7. The maximum absolute atomic E-state index is 12.7. The third-order valence-electron chi connectivity index (χ3n) is 4.77. The van der Waals surface area contributed by atoms with E-state index in [9.17, 15) is 9.59 Å². The molecule has 1 fully saturated rings. The molecule has 128 valence electrons. The summed E-state index contributed by atoms with van der Waals surface area (Å²) in [5, 5.41) is 12.7. The summed E-state index contributed by atoms with van der Waals surface area (Å²) in [6.07, 6.45) is 0.713. The van der Waals surface area contributed by atoms with Gasteiger partial charge in [0.2, 0.25) is 0 Å². The van der Waals surface area contributed by atoms with Gasteiger partial charge in [0, 0.05) is 24.0 Å². The van der Waals surface area contributed by atoms with Crippen molar-refractivity contribution in [3.63, 3.8) is 0 Å². The first-order valence-corrected chi connectivity index (χ1v) is 8.04. The van der Waals surface area contributed by atoms with Crippen LogP contribution in [0.1, 0.15) is 35.0 Å². The Labute approximate surface area is 140 Å². The molecule has 1 aliphatic rings. The number of rotatable bonds is 4. The van der Waals surface area contributed by atoms with Crippen molar-refractivity contribution < 1.29 is 19.1 Å². The summed E-state index contributed by atoms with van der Waals surface area (Å²) in [6, 6.07) is 5.75. The SMILES string of the molecule is Cc1cc2cc(C(=O)N3CC[C@@](C)(NCC(=O)O)C3)oc2cc1C. The number of aliphatic carboxylic acids is 1. The van der Waals surface area contributed by atoms with Gasteiger partial charge in [-0.15, -0.1) is 0 Å². The standard InChI is InChI=1S/C18H22N2O4/c1-11-6-13-8-15(24-14(13)7-12(11)2)17(23)20-5-4-18(3,10-20)19-9-16(21)22/h6-8,19H,4-5,9-10H2,1-3H3,(H,21,22)/t18-/m1/s1. The molecule has 24 heavy (non-hydrogen) atoms. The quantitative estimate of drug-likeness (QED) is 0.899. The Morgan fingerprint density at radius 3 is 2.71 bits per heavy atom. The normalized spacial score (nSPS) is 20.7. The molecule has 1 aliphatic heterocycles. The fraction of sp³-hybridized carbons (Fsp3) is 0.444. The number of furan rings is 1. The minimum Gasteiger partial charge on any atom is -0.480 e. The lowest BCUT2D eigenvalue weighted by atomic mass is 10.0. The number of hydrogen-bond donors (Lipinski definition) is 2. The zero-order chi connectivity index (χ0) is 17.5. The van der Waals surface area contributed by atoms with Crippen molar-refractivity contribution in [3.05, 3.63) is 35.1 Å². The van der Waals surface area contributed by atoms with Gasteiger partial charge in [0.05, 0.1) is 6.54 Å². The fourth-order valence-electron chi connectivity index (χ4n) is 3.13. The highest BCUT2D eigenvalue weighted by atomic mass is 16.4. The van der Waals surface area contributed by atoms with E-state index < -0.39 is 5.97 Å². The number of carbonyl (C=O) groups excluding carboxylic acids is 1. The maximum Gasteiger partial charge on any atom is 0.317 e. The van der Waals surface area contributed by atoms with E-state index in [2.05, 4.69) is 5.32 Å². The summed E-state index contributed by atoms with van der Waals surface area (Å²) in [5.41, 5.74) is 2.62. The molecule has 6 nitrogen and oxygen atoms in total. The molecule has 0 radical (unpaired) electrons. The lowest BCUT2D eigenvalue weighted by Gasteiger charge is -2.25. The average Bonchev–Trinajstić information content (AvgIpc) is 3.10. The van der Waals surface area contributed by atoms with Gasteiger partial charge in [0.1, 0.15) is 5.58 Å². The van der Waals surface area contributed by atoms with E-state index in [4.69, 9.17) is 9.52 Å². The molecule has 1 saturated heterocycles. The van der Waals surface area contributed by atoms with Crippen LogP contribution in [0.3, 0.4) is 0 Å². The Bertz CT molecular complexity index is 772. The minimum atomic E-state index is -0.899. The van der Waals surface area contributed by atoms with Crippen molar-refractivity contribution in [3.8, 4) is 0 Å². The van der Waals surface area contributed by atoms with Crippen LogP contribution < -0.4 is 5.32 Å². The number of aryl methyl sites for hydroxylation is 2. The second-order valence-corrected chi connectivity index (χ2v) is 6.87. The van der Waals surface area contributed by atoms with E-state index in [1.807, 2.05) is 32.9 Å². The molecule has 0 aliphatic carbocycles. The molecule has 2 heterocycles. The summed E-state index contributed by atoms with van der Waals surface area (Å²) in [6.45, 7) is 6.92. The van der Waals surface area contributed by atoms with Crippen LogP contribution in [0.25, 0.3) is 11.0 Å². The van der Waals surface area contributed by atoms with E-state index in [1.54, 1.807) is 11.0 Å². The Balaban J connectivity index is 1.76. The predicted molar refractivity (Wildman–Crippen MR) is 90.3 cm³/mol. The summed E-state index contributed by atoms with van der Waals surface area (Å²) < 4.78 is 5.74. The highest BCUT2D eigenvalue weighted by molar-refractivity contribution is 5.96. The second-order valence-electron chi connectivity index (χ2n) is 6.87. The topological polar surface area (TPSA) is 82.8 Å². The molecule has 1 aromatic heterocycles. The number of fused-ring (bicyclic) bond motifs is 1. The van der Waals surface area contributed by atoms with Crippen LogP contribution in [0.4, 0.5) is 0 Å². The fourth-order valence-corrected chi connectivity index (χ4v) is 3.13. The molecule has 0 unspecified atom stereocenters. The van der Waals surface area contributed by atoms with E-state index >= 15 is 0 Å². The number of carboxylic acid groups (broad SMARTS) is 1. The van der Waals surface area contributed by atoms with Crippen molar-refractivity contribution in [2.75, 3.05) is 19.6 Å². The minimum absolute atomic E-state index is 0.109. The van der Waals surface area contributed by atoms with Gasteiger partial charge in [-0.25, -0.2) is 0 Å². The van der Waals surface area contributed by atoms with Crippen LogP contribution in [0.2, 0.25) is 0 Å². The van der Waals surface area contributed by atoms with Crippen molar-refractivity contribution in [2.24, 2.45) is 0 Å². The van der Waals surface area contributed by atoms with Crippen molar-refractivity contribution in [2.45, 2.75) is 32.7 Å². The van der Waals surface area contributed by atoms with Gasteiger partial charge in [0.25, 0.3) is 5.91 Å². The van der Waals surface area contributed by atoms with Gasteiger partial charge in [-0.3, -0.25) is 14.9 Å². The Morgan fingerprint density at radius 1 is 1.29 bits per heavy atom. The number of carbonyl (C=O) groups is 2. The molecule has 0 spiro atoms. The van der Waals surface area contributed by atoms with Gasteiger partial charge in [-0.05, 0) is 56.5 Å². The van der Waals surface area contributed by atoms with Gasteiger partial charge >= 0.3 is 5.97 Å². The number of hydrogen-bond acceptors (Lipinski definition) is 4. The summed E-state index contributed by atoms with van der Waals surface area (Å²) >= 11 is 0. The van der Waals surface area contributed by atoms with E-state index in [0.29, 0.717) is 30.9 Å². The van der Waals surface area contributed by atoms with Gasteiger partial charge in [0.15, 0.2) is 5.76 Å². The van der Waals surface area contributed by atoms with Gasteiger partial charge in [-0.1, -0.05) is 0 Å². The van der Waals surface area contributed by atoms with E-state index in [0.717, 1.165) is 16.5 Å². The zero-order valence-corrected chi connectivity index (χ0v) is 14.2. The van der Waals surface area contributed by atoms with Crippen LogP contribution >= 0.6 is 0 Å². The molecular formula is C18H22N2O4. The summed E-state index contributed by atoms with van der Waals surface area (Å²) in [5.74, 6) is -0.719. The number of nitrogens with zero attached hydrogens (tertiary/aromatic N) is 1.